The molecule has 0 aromatic heterocycles. The first kappa shape index (κ1) is 16.0. The Bertz CT molecular complexity index is 635. The molecule has 0 fully saturated rings. The molecule has 2 rings (SSSR count). The van der Waals surface area contributed by atoms with Gasteiger partial charge in [0, 0.05) is 0 Å². The molecule has 22 heavy (non-hydrogen) atoms. The topological polar surface area (TPSA) is 35.5 Å². The lowest BCUT2D eigenvalue weighted by Gasteiger charge is -2.16. The molecule has 0 spiro atoms. The number of carbonyl (C=O) groups is 1. The van der Waals surface area contributed by atoms with Gasteiger partial charge < -0.3 is 0 Å². The molecule has 0 bridgehead atoms. The van der Waals surface area contributed by atoms with Crippen LogP contribution in [0.15, 0.2) is 54.6 Å². The van der Waals surface area contributed by atoms with E-state index in [0.29, 0.717) is 5.56 Å². The quantitative estimate of drug-likeness (QED) is 0.464. The van der Waals surface area contributed by atoms with Gasteiger partial charge in [-0.2, -0.15) is 4.89 Å². The average Bonchev–Trinajstić information content (AvgIpc) is 2.51. The van der Waals surface area contributed by atoms with Gasteiger partial charge in [-0.25, -0.2) is 4.79 Å². The van der Waals surface area contributed by atoms with Gasteiger partial charge in [0.2, 0.25) is 0 Å². The molecule has 0 atom stereocenters. The van der Waals surface area contributed by atoms with Gasteiger partial charge in [0.25, 0.3) is 0 Å². The molecule has 0 saturated carbocycles. The predicted molar refractivity (Wildman–Crippen MR) is 88.1 cm³/mol. The van der Waals surface area contributed by atoms with Crippen LogP contribution in [0.1, 0.15) is 42.3 Å². The molecule has 0 radical (unpaired) electrons. The molecule has 114 valence electrons. The van der Waals surface area contributed by atoms with Gasteiger partial charge in [-0.3, -0.25) is 4.89 Å². The first-order valence-corrected chi connectivity index (χ1v) is 7.17. The van der Waals surface area contributed by atoms with Crippen molar-refractivity contribution in [3.8, 4) is 0 Å². The average molecular weight is 296 g/mol. The molecule has 2 aromatic carbocycles. The minimum Gasteiger partial charge on any atom is -0.292 e. The van der Waals surface area contributed by atoms with E-state index >= 15 is 0 Å². The van der Waals surface area contributed by atoms with Gasteiger partial charge in [0.15, 0.2) is 0 Å². The van der Waals surface area contributed by atoms with E-state index in [9.17, 15) is 4.79 Å². The summed E-state index contributed by atoms with van der Waals surface area (Å²) < 4.78 is 0. The molecule has 3 heteroatoms. The lowest BCUT2D eigenvalue weighted by Crippen LogP contribution is -2.21. The Kier molecular flexibility index (Phi) is 5.12. The zero-order chi connectivity index (χ0) is 16.0. The fourth-order valence-corrected chi connectivity index (χ4v) is 1.70. The summed E-state index contributed by atoms with van der Waals surface area (Å²) in [5.41, 5.74) is 2.08. The van der Waals surface area contributed by atoms with Crippen LogP contribution in [0.2, 0.25) is 0 Å². The first-order chi connectivity index (χ1) is 10.4. The highest BCUT2D eigenvalue weighted by Crippen LogP contribution is 2.13. The van der Waals surface area contributed by atoms with Crippen LogP contribution in [-0.2, 0) is 9.78 Å². The second-order valence-corrected chi connectivity index (χ2v) is 5.93. The van der Waals surface area contributed by atoms with E-state index < -0.39 is 11.6 Å². The van der Waals surface area contributed by atoms with Crippen molar-refractivity contribution in [2.45, 2.75) is 26.4 Å². The van der Waals surface area contributed by atoms with Crippen molar-refractivity contribution in [1.82, 2.24) is 0 Å². The summed E-state index contributed by atoms with van der Waals surface area (Å²) in [6, 6.07) is 17.2. The van der Waals surface area contributed by atoms with Crippen molar-refractivity contribution in [1.29, 1.82) is 0 Å². The predicted octanol–water partition coefficient (Wildman–Crippen LogP) is 4.74. The van der Waals surface area contributed by atoms with Gasteiger partial charge in [0.05, 0.1) is 5.56 Å². The van der Waals surface area contributed by atoms with E-state index in [0.717, 1.165) is 11.1 Å². The largest absolute Gasteiger partial charge is 0.373 e. The molecule has 0 aliphatic heterocycles. The van der Waals surface area contributed by atoms with Gasteiger partial charge in [-0.15, -0.1) is 0 Å². The summed E-state index contributed by atoms with van der Waals surface area (Å²) in [5, 5.41) is 0. The highest BCUT2D eigenvalue weighted by molar-refractivity contribution is 5.89. The molecular weight excluding hydrogens is 276 g/mol. The summed E-state index contributed by atoms with van der Waals surface area (Å²) >= 11 is 0. The van der Waals surface area contributed by atoms with E-state index in [4.69, 9.17) is 9.78 Å². The Morgan fingerprint density at radius 1 is 0.864 bits per heavy atom. The Balaban J connectivity index is 1.98. The Morgan fingerprint density at radius 3 is 1.95 bits per heavy atom. The molecular formula is C19H20O3. The van der Waals surface area contributed by atoms with E-state index in [-0.39, 0.29) is 0 Å². The van der Waals surface area contributed by atoms with E-state index in [1.54, 1.807) is 12.1 Å². The third-order valence-corrected chi connectivity index (χ3v) is 2.78. The van der Waals surface area contributed by atoms with Crippen molar-refractivity contribution in [2.75, 3.05) is 0 Å². The third kappa shape index (κ3) is 5.19. The van der Waals surface area contributed by atoms with Crippen LogP contribution >= 0.6 is 0 Å². The minimum absolute atomic E-state index is 0.459. The fourth-order valence-electron chi connectivity index (χ4n) is 1.70. The molecule has 0 amide bonds. The molecule has 2 aromatic rings. The summed E-state index contributed by atoms with van der Waals surface area (Å²) in [4.78, 5) is 21.6. The summed E-state index contributed by atoms with van der Waals surface area (Å²) in [5.74, 6) is -0.492. The highest BCUT2D eigenvalue weighted by atomic mass is 17.2. The van der Waals surface area contributed by atoms with Gasteiger partial charge in [-0.1, -0.05) is 54.6 Å². The van der Waals surface area contributed by atoms with Crippen LogP contribution in [0.3, 0.4) is 0 Å². The third-order valence-electron chi connectivity index (χ3n) is 2.78. The Morgan fingerprint density at radius 2 is 1.41 bits per heavy atom. The lowest BCUT2D eigenvalue weighted by molar-refractivity contribution is -0.301. The van der Waals surface area contributed by atoms with Crippen LogP contribution in [0.4, 0.5) is 0 Å². The van der Waals surface area contributed by atoms with E-state index in [1.807, 2.05) is 75.4 Å². The summed E-state index contributed by atoms with van der Waals surface area (Å²) in [6.45, 7) is 5.45. The zero-order valence-electron chi connectivity index (χ0n) is 13.1. The SMILES string of the molecule is CC(C)(C)OOC(=O)c1ccc(C=Cc2ccccc2)cc1. The maximum atomic E-state index is 11.8. The smallest absolute Gasteiger partial charge is 0.292 e. The normalized spacial score (nSPS) is 11.6. The first-order valence-electron chi connectivity index (χ1n) is 7.17. The second-order valence-electron chi connectivity index (χ2n) is 5.93. The van der Waals surface area contributed by atoms with Crippen molar-refractivity contribution in [2.24, 2.45) is 0 Å². The number of rotatable bonds is 4. The van der Waals surface area contributed by atoms with Crippen molar-refractivity contribution in [3.05, 3.63) is 71.3 Å². The van der Waals surface area contributed by atoms with Gasteiger partial charge in [0.1, 0.15) is 5.60 Å². The fraction of sp³-hybridized carbons (Fsp3) is 0.211. The number of hydrogen-bond acceptors (Lipinski definition) is 3. The Labute approximate surface area is 131 Å². The molecule has 0 aliphatic carbocycles. The maximum Gasteiger partial charge on any atom is 0.373 e. The molecule has 0 N–H and O–H groups in total. The highest BCUT2D eigenvalue weighted by Gasteiger charge is 2.16. The molecule has 0 aliphatic rings. The number of benzene rings is 2. The van der Waals surface area contributed by atoms with Gasteiger partial charge in [-0.05, 0) is 44.0 Å². The number of hydrogen-bond donors (Lipinski definition) is 0. The van der Waals surface area contributed by atoms with Crippen LogP contribution in [0, 0.1) is 0 Å². The molecule has 0 saturated heterocycles. The Hall–Kier alpha value is -2.39. The minimum atomic E-state index is -0.520. The lowest BCUT2D eigenvalue weighted by atomic mass is 10.1. The molecule has 0 heterocycles. The molecule has 3 nitrogen and oxygen atoms in total. The second kappa shape index (κ2) is 7.05. The number of carbonyl (C=O) groups excluding carboxylic acids is 1. The standard InChI is InChI=1S/C19H20O3/c1-19(2,3)22-21-18(20)17-13-11-16(12-14-17)10-9-15-7-5-4-6-8-15/h4-14H,1-3H3. The van der Waals surface area contributed by atoms with Gasteiger partial charge >= 0.3 is 5.97 Å². The van der Waals surface area contributed by atoms with Crippen LogP contribution in [-0.4, -0.2) is 11.6 Å². The summed E-state index contributed by atoms with van der Waals surface area (Å²) in [6.07, 6.45) is 4.02. The van der Waals surface area contributed by atoms with Crippen LogP contribution < -0.4 is 0 Å². The van der Waals surface area contributed by atoms with Crippen molar-refractivity contribution < 1.29 is 14.6 Å². The molecule has 0 unspecified atom stereocenters. The zero-order valence-corrected chi connectivity index (χ0v) is 13.1. The van der Waals surface area contributed by atoms with Crippen LogP contribution in [0.25, 0.3) is 12.2 Å². The summed E-state index contributed by atoms with van der Waals surface area (Å²) in [7, 11) is 0. The van der Waals surface area contributed by atoms with E-state index in [2.05, 4.69) is 0 Å². The van der Waals surface area contributed by atoms with Crippen molar-refractivity contribution in [3.63, 3.8) is 0 Å². The monoisotopic (exact) mass is 296 g/mol. The van der Waals surface area contributed by atoms with Crippen LogP contribution in [0.5, 0.6) is 0 Å². The van der Waals surface area contributed by atoms with Crippen molar-refractivity contribution >= 4 is 18.1 Å². The van der Waals surface area contributed by atoms with E-state index in [1.165, 1.54) is 0 Å². The maximum absolute atomic E-state index is 11.8.